The van der Waals surface area contributed by atoms with Gasteiger partial charge in [0, 0.05) is 36.6 Å². The lowest BCUT2D eigenvalue weighted by molar-refractivity contribution is 0.0950. The molecule has 1 amide bonds. The van der Waals surface area contributed by atoms with Crippen molar-refractivity contribution in [1.82, 2.24) is 10.3 Å². The number of thiazole rings is 1. The lowest BCUT2D eigenvalue weighted by atomic mass is 10.2. The Morgan fingerprint density at radius 3 is 2.48 bits per heavy atom. The Morgan fingerprint density at radius 2 is 1.95 bits per heavy atom. The smallest absolute Gasteiger partial charge is 0.251 e. The molecule has 112 valence electrons. The van der Waals surface area contributed by atoms with Crippen LogP contribution in [0.4, 0.5) is 5.69 Å². The molecule has 0 saturated carbocycles. The van der Waals surface area contributed by atoms with E-state index in [0.29, 0.717) is 18.0 Å². The average molecular weight is 303 g/mol. The second kappa shape index (κ2) is 6.72. The van der Waals surface area contributed by atoms with Gasteiger partial charge in [-0.1, -0.05) is 13.8 Å². The van der Waals surface area contributed by atoms with E-state index in [1.807, 2.05) is 48.6 Å². The maximum Gasteiger partial charge on any atom is 0.251 e. The summed E-state index contributed by atoms with van der Waals surface area (Å²) in [5, 5.41) is 6.02. The highest BCUT2D eigenvalue weighted by Crippen LogP contribution is 2.19. The summed E-state index contributed by atoms with van der Waals surface area (Å²) in [5.74, 6) is 0.359. The summed E-state index contributed by atoms with van der Waals surface area (Å²) >= 11 is 1.64. The van der Waals surface area contributed by atoms with Gasteiger partial charge in [-0.2, -0.15) is 0 Å². The van der Waals surface area contributed by atoms with Crippen molar-refractivity contribution in [3.8, 4) is 0 Å². The number of hydrogen-bond acceptors (Lipinski definition) is 4. The minimum absolute atomic E-state index is 0.0700. The largest absolute Gasteiger partial charge is 0.378 e. The molecule has 4 nitrogen and oxygen atoms in total. The van der Waals surface area contributed by atoms with Crippen LogP contribution < -0.4 is 10.2 Å². The van der Waals surface area contributed by atoms with Crippen LogP contribution in [0.1, 0.15) is 40.8 Å². The summed E-state index contributed by atoms with van der Waals surface area (Å²) in [6, 6.07) is 7.56. The molecule has 1 aromatic carbocycles. The first-order valence-corrected chi connectivity index (χ1v) is 7.85. The Balaban J connectivity index is 1.94. The fraction of sp³-hybridized carbons (Fsp3) is 0.375. The quantitative estimate of drug-likeness (QED) is 0.922. The molecule has 0 unspecified atom stereocenters. The Bertz CT molecular complexity index is 602. The van der Waals surface area contributed by atoms with E-state index in [9.17, 15) is 4.79 Å². The van der Waals surface area contributed by atoms with Crippen molar-refractivity contribution >= 4 is 22.9 Å². The normalized spacial score (nSPS) is 10.7. The highest BCUT2D eigenvalue weighted by molar-refractivity contribution is 7.09. The molecule has 2 aromatic rings. The Hall–Kier alpha value is -1.88. The SMILES string of the molecule is CC(C)c1nc(CNC(=O)c2ccc(N(C)C)cc2)cs1. The second-order valence-corrected chi connectivity index (χ2v) is 6.35. The summed E-state index contributed by atoms with van der Waals surface area (Å²) in [6.07, 6.45) is 0. The monoisotopic (exact) mass is 303 g/mol. The second-order valence-electron chi connectivity index (χ2n) is 5.46. The summed E-state index contributed by atoms with van der Waals surface area (Å²) in [5.41, 5.74) is 2.66. The third-order valence-corrected chi connectivity index (χ3v) is 4.33. The third kappa shape index (κ3) is 4.04. The van der Waals surface area contributed by atoms with Crippen molar-refractivity contribution in [3.63, 3.8) is 0 Å². The fourth-order valence-electron chi connectivity index (χ4n) is 1.85. The fourth-order valence-corrected chi connectivity index (χ4v) is 2.69. The summed E-state index contributed by atoms with van der Waals surface area (Å²) in [7, 11) is 3.95. The van der Waals surface area contributed by atoms with Crippen LogP contribution in [-0.4, -0.2) is 25.0 Å². The van der Waals surface area contributed by atoms with Gasteiger partial charge in [0.2, 0.25) is 0 Å². The third-order valence-electron chi connectivity index (χ3n) is 3.14. The van der Waals surface area contributed by atoms with Crippen LogP contribution in [-0.2, 0) is 6.54 Å². The van der Waals surface area contributed by atoms with Crippen molar-refractivity contribution in [2.24, 2.45) is 0 Å². The number of carbonyl (C=O) groups is 1. The van der Waals surface area contributed by atoms with Gasteiger partial charge in [0.15, 0.2) is 0 Å². The lowest BCUT2D eigenvalue weighted by Crippen LogP contribution is -2.23. The zero-order chi connectivity index (χ0) is 15.4. The molecular weight excluding hydrogens is 282 g/mol. The van der Waals surface area contributed by atoms with Crippen LogP contribution in [0.15, 0.2) is 29.6 Å². The Morgan fingerprint density at radius 1 is 1.29 bits per heavy atom. The van der Waals surface area contributed by atoms with E-state index in [2.05, 4.69) is 24.1 Å². The van der Waals surface area contributed by atoms with Gasteiger partial charge in [-0.15, -0.1) is 11.3 Å². The minimum atomic E-state index is -0.0700. The molecule has 2 rings (SSSR count). The molecular formula is C16H21N3OS. The molecule has 5 heteroatoms. The maximum absolute atomic E-state index is 12.1. The number of benzene rings is 1. The Labute approximate surface area is 129 Å². The molecule has 0 aliphatic carbocycles. The van der Waals surface area contributed by atoms with Gasteiger partial charge in [-0.3, -0.25) is 4.79 Å². The van der Waals surface area contributed by atoms with Gasteiger partial charge in [0.1, 0.15) is 0 Å². The Kier molecular flexibility index (Phi) is 4.96. The van der Waals surface area contributed by atoms with E-state index in [1.165, 1.54) is 0 Å². The molecule has 0 fully saturated rings. The summed E-state index contributed by atoms with van der Waals surface area (Å²) in [6.45, 7) is 4.71. The van der Waals surface area contributed by atoms with E-state index in [0.717, 1.165) is 16.4 Å². The number of nitrogens with zero attached hydrogens (tertiary/aromatic N) is 2. The van der Waals surface area contributed by atoms with Crippen LogP contribution in [0, 0.1) is 0 Å². The van der Waals surface area contributed by atoms with Gasteiger partial charge in [0.05, 0.1) is 17.2 Å². The average Bonchev–Trinajstić information content (AvgIpc) is 2.94. The minimum Gasteiger partial charge on any atom is -0.378 e. The van der Waals surface area contributed by atoms with Gasteiger partial charge < -0.3 is 10.2 Å². The molecule has 0 atom stereocenters. The zero-order valence-electron chi connectivity index (χ0n) is 12.9. The van der Waals surface area contributed by atoms with E-state index >= 15 is 0 Å². The number of anilines is 1. The molecule has 0 aliphatic rings. The molecule has 21 heavy (non-hydrogen) atoms. The van der Waals surface area contributed by atoms with Crippen molar-refractivity contribution in [1.29, 1.82) is 0 Å². The van der Waals surface area contributed by atoms with Crippen LogP contribution in [0.3, 0.4) is 0 Å². The number of carbonyl (C=O) groups excluding carboxylic acids is 1. The molecule has 0 bridgehead atoms. The van der Waals surface area contributed by atoms with Crippen molar-refractivity contribution in [2.75, 3.05) is 19.0 Å². The van der Waals surface area contributed by atoms with Gasteiger partial charge in [0.25, 0.3) is 5.91 Å². The van der Waals surface area contributed by atoms with Gasteiger partial charge >= 0.3 is 0 Å². The number of nitrogens with one attached hydrogen (secondary N) is 1. The van der Waals surface area contributed by atoms with Crippen LogP contribution in [0.2, 0.25) is 0 Å². The van der Waals surface area contributed by atoms with Crippen molar-refractivity contribution < 1.29 is 4.79 Å². The molecule has 0 saturated heterocycles. The lowest BCUT2D eigenvalue weighted by Gasteiger charge is -2.12. The van der Waals surface area contributed by atoms with Crippen LogP contribution >= 0.6 is 11.3 Å². The molecule has 0 aliphatic heterocycles. The van der Waals surface area contributed by atoms with Crippen LogP contribution in [0.25, 0.3) is 0 Å². The highest BCUT2D eigenvalue weighted by atomic mass is 32.1. The summed E-state index contributed by atoms with van der Waals surface area (Å²) in [4.78, 5) is 18.6. The van der Waals surface area contributed by atoms with Crippen molar-refractivity contribution in [3.05, 3.63) is 45.9 Å². The van der Waals surface area contributed by atoms with Gasteiger partial charge in [-0.25, -0.2) is 4.98 Å². The first kappa shape index (κ1) is 15.5. The molecule has 0 radical (unpaired) electrons. The predicted octanol–water partition coefficient (Wildman–Crippen LogP) is 3.26. The maximum atomic E-state index is 12.1. The van der Waals surface area contributed by atoms with E-state index in [-0.39, 0.29) is 5.91 Å². The number of amides is 1. The number of hydrogen-bond donors (Lipinski definition) is 1. The van der Waals surface area contributed by atoms with E-state index < -0.39 is 0 Å². The van der Waals surface area contributed by atoms with Gasteiger partial charge in [-0.05, 0) is 24.3 Å². The first-order valence-electron chi connectivity index (χ1n) is 6.97. The standard InChI is InChI=1S/C16H21N3OS/c1-11(2)16-18-13(10-21-16)9-17-15(20)12-5-7-14(8-6-12)19(3)4/h5-8,10-11H,9H2,1-4H3,(H,17,20). The number of aromatic nitrogens is 1. The molecule has 0 spiro atoms. The van der Waals surface area contributed by atoms with E-state index in [1.54, 1.807) is 11.3 Å². The molecule has 1 heterocycles. The molecule has 1 N–H and O–H groups in total. The molecule has 1 aromatic heterocycles. The summed E-state index contributed by atoms with van der Waals surface area (Å²) < 4.78 is 0. The predicted molar refractivity (Wildman–Crippen MR) is 88.1 cm³/mol. The highest BCUT2D eigenvalue weighted by Gasteiger charge is 2.09. The van der Waals surface area contributed by atoms with E-state index in [4.69, 9.17) is 0 Å². The van der Waals surface area contributed by atoms with Crippen molar-refractivity contribution in [2.45, 2.75) is 26.3 Å². The number of rotatable bonds is 5. The van der Waals surface area contributed by atoms with Crippen LogP contribution in [0.5, 0.6) is 0 Å². The topological polar surface area (TPSA) is 45.2 Å². The first-order chi connectivity index (χ1) is 9.97. The zero-order valence-corrected chi connectivity index (χ0v) is 13.7.